The predicted molar refractivity (Wildman–Crippen MR) is 86.4 cm³/mol. The summed E-state index contributed by atoms with van der Waals surface area (Å²) in [4.78, 5) is 0. The number of phenols is 2. The molecule has 2 aromatic carbocycles. The Bertz CT molecular complexity index is 805. The van der Waals surface area contributed by atoms with E-state index in [1.54, 1.807) is 30.3 Å². The fourth-order valence-electron chi connectivity index (χ4n) is 2.62. The van der Waals surface area contributed by atoms with E-state index in [1.165, 1.54) is 0 Å². The maximum absolute atomic E-state index is 10.1. The van der Waals surface area contributed by atoms with Gasteiger partial charge in [0.05, 0.1) is 5.52 Å². The second-order valence-electron chi connectivity index (χ2n) is 5.61. The van der Waals surface area contributed by atoms with Crippen LogP contribution in [0.25, 0.3) is 10.9 Å². The van der Waals surface area contributed by atoms with E-state index >= 15 is 0 Å². The zero-order valence-electron chi connectivity index (χ0n) is 12.7. The number of ether oxygens (including phenoxy) is 1. The fourth-order valence-corrected chi connectivity index (χ4v) is 2.62. The van der Waals surface area contributed by atoms with Crippen molar-refractivity contribution in [3.8, 4) is 17.2 Å². The number of hydrogen-bond donors (Lipinski definition) is 2. The van der Waals surface area contributed by atoms with Crippen LogP contribution in [0.5, 0.6) is 17.2 Å². The van der Waals surface area contributed by atoms with Crippen molar-refractivity contribution in [2.24, 2.45) is 0 Å². The highest BCUT2D eigenvalue weighted by Gasteiger charge is 2.14. The quantitative estimate of drug-likeness (QED) is 0.758. The van der Waals surface area contributed by atoms with Crippen LogP contribution in [0.2, 0.25) is 0 Å². The van der Waals surface area contributed by atoms with Crippen molar-refractivity contribution in [2.75, 3.05) is 0 Å². The normalized spacial score (nSPS) is 11.2. The highest BCUT2D eigenvalue weighted by Crippen LogP contribution is 2.32. The lowest BCUT2D eigenvalue weighted by atomic mass is 10.2. The van der Waals surface area contributed by atoms with Crippen LogP contribution >= 0.6 is 0 Å². The summed E-state index contributed by atoms with van der Waals surface area (Å²) in [5.41, 5.74) is 1.83. The van der Waals surface area contributed by atoms with Gasteiger partial charge in [-0.05, 0) is 32.0 Å². The summed E-state index contributed by atoms with van der Waals surface area (Å²) < 4.78 is 7.81. The first-order valence-electron chi connectivity index (χ1n) is 7.29. The number of phenolic OH excluding ortho intramolecular Hbond substituents is 2. The van der Waals surface area contributed by atoms with Gasteiger partial charge >= 0.3 is 0 Å². The number of rotatable bonds is 4. The van der Waals surface area contributed by atoms with Crippen LogP contribution in [0.3, 0.4) is 0 Å². The molecule has 22 heavy (non-hydrogen) atoms. The lowest BCUT2D eigenvalue weighted by Crippen LogP contribution is -1.98. The van der Waals surface area contributed by atoms with E-state index < -0.39 is 0 Å². The minimum absolute atomic E-state index is 0.180. The van der Waals surface area contributed by atoms with Crippen molar-refractivity contribution < 1.29 is 14.9 Å². The number of para-hydroxylation sites is 1. The van der Waals surface area contributed by atoms with E-state index in [2.05, 4.69) is 13.8 Å². The van der Waals surface area contributed by atoms with Crippen molar-refractivity contribution in [2.45, 2.75) is 26.5 Å². The number of aromatic hydroxyl groups is 2. The van der Waals surface area contributed by atoms with Gasteiger partial charge in [0.1, 0.15) is 23.9 Å². The molecule has 2 N–H and O–H groups in total. The molecule has 0 fully saturated rings. The SMILES string of the molecule is CC(C)n1cc(COc2cccc(O)c2)c2cccc(O)c21. The van der Waals surface area contributed by atoms with Gasteiger partial charge in [-0.1, -0.05) is 18.2 Å². The average Bonchev–Trinajstić information content (AvgIpc) is 2.86. The van der Waals surface area contributed by atoms with Gasteiger partial charge in [-0.25, -0.2) is 0 Å². The smallest absolute Gasteiger partial charge is 0.139 e. The summed E-state index contributed by atoms with van der Waals surface area (Å²) in [6, 6.07) is 12.5. The van der Waals surface area contributed by atoms with Gasteiger partial charge in [-0.2, -0.15) is 0 Å². The molecule has 3 rings (SSSR count). The third-order valence-electron chi connectivity index (χ3n) is 3.68. The predicted octanol–water partition coefficient (Wildman–Crippen LogP) is 4.21. The van der Waals surface area contributed by atoms with E-state index in [-0.39, 0.29) is 17.5 Å². The number of aromatic nitrogens is 1. The Labute approximate surface area is 129 Å². The molecule has 3 aromatic rings. The molecule has 0 radical (unpaired) electrons. The van der Waals surface area contributed by atoms with Crippen molar-refractivity contribution in [1.29, 1.82) is 0 Å². The van der Waals surface area contributed by atoms with Crippen molar-refractivity contribution in [3.05, 3.63) is 54.2 Å². The van der Waals surface area contributed by atoms with Gasteiger partial charge in [0.2, 0.25) is 0 Å². The second kappa shape index (κ2) is 5.64. The van der Waals surface area contributed by atoms with E-state index in [0.29, 0.717) is 12.4 Å². The Balaban J connectivity index is 1.96. The van der Waals surface area contributed by atoms with E-state index in [9.17, 15) is 10.2 Å². The van der Waals surface area contributed by atoms with Crippen LogP contribution in [0.15, 0.2) is 48.7 Å². The molecule has 0 aliphatic heterocycles. The Morgan fingerprint density at radius 2 is 1.86 bits per heavy atom. The monoisotopic (exact) mass is 297 g/mol. The van der Waals surface area contributed by atoms with Crippen LogP contribution in [0, 0.1) is 0 Å². The van der Waals surface area contributed by atoms with Crippen LogP contribution in [-0.4, -0.2) is 14.8 Å². The lowest BCUT2D eigenvalue weighted by Gasteiger charge is -2.09. The summed E-state index contributed by atoms with van der Waals surface area (Å²) >= 11 is 0. The molecule has 0 atom stereocenters. The summed E-state index contributed by atoms with van der Waals surface area (Å²) in [5, 5.41) is 20.6. The summed E-state index contributed by atoms with van der Waals surface area (Å²) in [6.45, 7) is 4.53. The molecule has 0 aliphatic rings. The van der Waals surface area contributed by atoms with Crippen LogP contribution in [0.1, 0.15) is 25.5 Å². The van der Waals surface area contributed by atoms with Crippen molar-refractivity contribution >= 4 is 10.9 Å². The Morgan fingerprint density at radius 3 is 2.59 bits per heavy atom. The molecular formula is C18H19NO3. The topological polar surface area (TPSA) is 54.6 Å². The van der Waals surface area contributed by atoms with Gasteiger partial charge in [-0.3, -0.25) is 0 Å². The highest BCUT2D eigenvalue weighted by atomic mass is 16.5. The molecule has 1 heterocycles. The van der Waals surface area contributed by atoms with Crippen LogP contribution in [0.4, 0.5) is 0 Å². The first-order valence-corrected chi connectivity index (χ1v) is 7.29. The molecule has 4 nitrogen and oxygen atoms in total. The first-order chi connectivity index (χ1) is 10.6. The first kappa shape index (κ1) is 14.3. The summed E-state index contributed by atoms with van der Waals surface area (Å²) in [7, 11) is 0. The Hall–Kier alpha value is -2.62. The molecule has 4 heteroatoms. The van der Waals surface area contributed by atoms with Crippen molar-refractivity contribution in [3.63, 3.8) is 0 Å². The average molecular weight is 297 g/mol. The standard InChI is InChI=1S/C18H19NO3/c1-12(2)19-10-13(16-7-4-8-17(21)18(16)19)11-22-15-6-3-5-14(20)9-15/h3-10,12,20-21H,11H2,1-2H3. The zero-order chi connectivity index (χ0) is 15.7. The minimum atomic E-state index is 0.180. The highest BCUT2D eigenvalue weighted by molar-refractivity contribution is 5.89. The Morgan fingerprint density at radius 1 is 1.09 bits per heavy atom. The van der Waals surface area contributed by atoms with Crippen LogP contribution < -0.4 is 4.74 Å². The van der Waals surface area contributed by atoms with Gasteiger partial charge < -0.3 is 19.5 Å². The molecule has 114 valence electrons. The number of fused-ring (bicyclic) bond motifs is 1. The number of hydrogen-bond acceptors (Lipinski definition) is 3. The Kier molecular flexibility index (Phi) is 3.67. The molecule has 0 saturated heterocycles. The van der Waals surface area contributed by atoms with E-state index in [1.807, 2.05) is 22.9 Å². The summed E-state index contributed by atoms with van der Waals surface area (Å²) in [5.74, 6) is 1.07. The van der Waals surface area contributed by atoms with Gasteiger partial charge in [0, 0.05) is 29.3 Å². The zero-order valence-corrected chi connectivity index (χ0v) is 12.7. The van der Waals surface area contributed by atoms with Crippen LogP contribution in [-0.2, 0) is 6.61 Å². The molecule has 0 spiro atoms. The summed E-state index contributed by atoms with van der Waals surface area (Å²) in [6.07, 6.45) is 2.01. The number of benzene rings is 2. The molecule has 0 amide bonds. The molecule has 0 bridgehead atoms. The van der Waals surface area contributed by atoms with Crippen molar-refractivity contribution in [1.82, 2.24) is 4.57 Å². The minimum Gasteiger partial charge on any atom is -0.508 e. The lowest BCUT2D eigenvalue weighted by molar-refractivity contribution is 0.305. The molecule has 0 unspecified atom stereocenters. The van der Waals surface area contributed by atoms with Gasteiger partial charge in [0.15, 0.2) is 0 Å². The molecular weight excluding hydrogens is 278 g/mol. The second-order valence-corrected chi connectivity index (χ2v) is 5.61. The molecule has 0 aliphatic carbocycles. The van der Waals surface area contributed by atoms with E-state index in [0.717, 1.165) is 16.5 Å². The maximum atomic E-state index is 10.1. The molecule has 1 aromatic heterocycles. The fraction of sp³-hybridized carbons (Fsp3) is 0.222. The third-order valence-corrected chi connectivity index (χ3v) is 3.68. The maximum Gasteiger partial charge on any atom is 0.139 e. The van der Waals surface area contributed by atoms with Gasteiger partial charge in [-0.15, -0.1) is 0 Å². The largest absolute Gasteiger partial charge is 0.508 e. The molecule has 0 saturated carbocycles. The number of nitrogens with zero attached hydrogens (tertiary/aromatic N) is 1. The van der Waals surface area contributed by atoms with Gasteiger partial charge in [0.25, 0.3) is 0 Å². The van der Waals surface area contributed by atoms with E-state index in [4.69, 9.17) is 4.74 Å². The third kappa shape index (κ3) is 2.60.